The van der Waals surface area contributed by atoms with E-state index in [4.69, 9.17) is 24.8 Å². The number of phosphoric acid groups is 1. The Morgan fingerprint density at radius 3 is 1.55 bits per heavy atom. The highest BCUT2D eigenvalue weighted by Gasteiger charge is 2.28. The first-order valence-corrected chi connectivity index (χ1v) is 22.8. The van der Waals surface area contributed by atoms with Gasteiger partial charge in [-0.05, 0) is 77.0 Å². The van der Waals surface area contributed by atoms with Gasteiger partial charge in [0.1, 0.15) is 12.6 Å². The minimum Gasteiger partial charge on any atom is -0.480 e. The van der Waals surface area contributed by atoms with E-state index in [1.807, 2.05) is 0 Å². The van der Waals surface area contributed by atoms with Gasteiger partial charge in [-0.25, -0.2) is 4.57 Å². The molecular formula is C44H76NO10P. The molecule has 0 fully saturated rings. The Morgan fingerprint density at radius 2 is 1.00 bits per heavy atom. The number of carbonyl (C=O) groups is 3. The van der Waals surface area contributed by atoms with Crippen LogP contribution in [0.25, 0.3) is 0 Å². The molecule has 3 atom stereocenters. The minimum atomic E-state index is -4.73. The largest absolute Gasteiger partial charge is 0.480 e. The van der Waals surface area contributed by atoms with E-state index in [9.17, 15) is 23.8 Å². The second-order valence-electron chi connectivity index (χ2n) is 14.1. The lowest BCUT2D eigenvalue weighted by atomic mass is 10.1. The van der Waals surface area contributed by atoms with Gasteiger partial charge in [0.15, 0.2) is 6.10 Å². The summed E-state index contributed by atoms with van der Waals surface area (Å²) < 4.78 is 32.6. The fraction of sp³-hybridized carbons (Fsp3) is 0.705. The van der Waals surface area contributed by atoms with Crippen molar-refractivity contribution in [1.29, 1.82) is 0 Å². The Balaban J connectivity index is 4.46. The van der Waals surface area contributed by atoms with Crippen LogP contribution < -0.4 is 5.73 Å². The Labute approximate surface area is 338 Å². The van der Waals surface area contributed by atoms with E-state index >= 15 is 0 Å². The van der Waals surface area contributed by atoms with Crippen LogP contribution in [0.5, 0.6) is 0 Å². The van der Waals surface area contributed by atoms with E-state index in [0.717, 1.165) is 83.5 Å². The molecular weight excluding hydrogens is 733 g/mol. The first-order chi connectivity index (χ1) is 27.1. The van der Waals surface area contributed by atoms with Crippen molar-refractivity contribution in [1.82, 2.24) is 0 Å². The SMILES string of the molecule is CCCCC/C=C/C/C=C/C/C=C/CCCCCCC(=O)OC[C@H](COP(=O)(O)OC[C@H](N)C(=O)O)OC(=O)CCCCCCC/C=C/C=C/CCCCCC. The molecule has 4 N–H and O–H groups in total. The molecule has 0 bridgehead atoms. The molecule has 0 aromatic heterocycles. The van der Waals surface area contributed by atoms with Gasteiger partial charge in [-0.15, -0.1) is 0 Å². The van der Waals surface area contributed by atoms with Gasteiger partial charge in [-0.3, -0.25) is 23.4 Å². The lowest BCUT2D eigenvalue weighted by Gasteiger charge is -2.20. The highest BCUT2D eigenvalue weighted by atomic mass is 31.2. The predicted molar refractivity (Wildman–Crippen MR) is 226 cm³/mol. The van der Waals surface area contributed by atoms with Crippen molar-refractivity contribution in [2.45, 2.75) is 180 Å². The summed E-state index contributed by atoms with van der Waals surface area (Å²) in [6, 6.07) is -1.53. The van der Waals surface area contributed by atoms with Gasteiger partial charge in [0.25, 0.3) is 0 Å². The van der Waals surface area contributed by atoms with E-state index < -0.39 is 51.1 Å². The summed E-state index contributed by atoms with van der Waals surface area (Å²) in [6.07, 6.45) is 44.2. The van der Waals surface area contributed by atoms with Crippen molar-refractivity contribution >= 4 is 25.7 Å². The molecule has 0 amide bonds. The minimum absolute atomic E-state index is 0.136. The zero-order chi connectivity index (χ0) is 41.4. The predicted octanol–water partition coefficient (Wildman–Crippen LogP) is 11.2. The van der Waals surface area contributed by atoms with Crippen LogP contribution in [-0.2, 0) is 37.5 Å². The summed E-state index contributed by atoms with van der Waals surface area (Å²) in [4.78, 5) is 45.9. The van der Waals surface area contributed by atoms with E-state index in [1.54, 1.807) is 0 Å². The molecule has 1 unspecified atom stereocenters. The Hall–Kier alpha value is -2.82. The number of carboxylic acids is 1. The first-order valence-electron chi connectivity index (χ1n) is 21.3. The summed E-state index contributed by atoms with van der Waals surface area (Å²) in [5.41, 5.74) is 5.33. The number of phosphoric ester groups is 1. The summed E-state index contributed by atoms with van der Waals surface area (Å²) in [6.45, 7) is 2.70. The zero-order valence-electron chi connectivity index (χ0n) is 34.7. The standard InChI is InChI=1S/C44H76NO10P/c1-3-5-7-9-11-13-15-17-19-20-22-23-25-27-29-31-33-35-42(46)52-37-40(38-53-56(50,51)54-39-41(45)44(48)49)55-43(47)36-34-32-30-28-26-24-21-18-16-14-12-10-8-6-4-2/h11,13-14,16-19,21-23,40-41H,3-10,12,15,20,24-39,45H2,1-2H3,(H,48,49)(H,50,51)/b13-11+,16-14+,19-17+,21-18+,23-22+/t40-,41+/m1/s1. The van der Waals surface area contributed by atoms with Crippen LogP contribution >= 0.6 is 7.82 Å². The summed E-state index contributed by atoms with van der Waals surface area (Å²) >= 11 is 0. The second-order valence-corrected chi connectivity index (χ2v) is 15.6. The smallest absolute Gasteiger partial charge is 0.472 e. The molecule has 0 aromatic rings. The molecule has 0 radical (unpaired) electrons. The van der Waals surface area contributed by atoms with Crippen LogP contribution in [0, 0.1) is 0 Å². The van der Waals surface area contributed by atoms with Gasteiger partial charge >= 0.3 is 25.7 Å². The number of hydrogen-bond donors (Lipinski definition) is 3. The molecule has 0 rings (SSSR count). The number of unbranched alkanes of at least 4 members (excludes halogenated alkanes) is 16. The van der Waals surface area contributed by atoms with Crippen molar-refractivity contribution < 1.29 is 47.5 Å². The second kappa shape index (κ2) is 39.0. The highest BCUT2D eigenvalue weighted by molar-refractivity contribution is 7.47. The number of esters is 2. The van der Waals surface area contributed by atoms with Gasteiger partial charge < -0.3 is 25.2 Å². The maximum atomic E-state index is 12.6. The third-order valence-electron chi connectivity index (χ3n) is 8.77. The number of allylic oxidation sites excluding steroid dienone is 10. The van der Waals surface area contributed by atoms with Crippen molar-refractivity contribution in [2.75, 3.05) is 19.8 Å². The molecule has 322 valence electrons. The Bertz CT molecular complexity index is 1180. The van der Waals surface area contributed by atoms with E-state index in [2.05, 4.69) is 79.1 Å². The number of nitrogens with two attached hydrogens (primary N) is 1. The summed E-state index contributed by atoms with van der Waals surface area (Å²) in [7, 11) is -4.73. The molecule has 12 heteroatoms. The average Bonchev–Trinajstić information content (AvgIpc) is 3.17. The molecule has 0 aliphatic carbocycles. The maximum absolute atomic E-state index is 12.6. The van der Waals surface area contributed by atoms with Crippen LogP contribution in [0.3, 0.4) is 0 Å². The number of carbonyl (C=O) groups excluding carboxylic acids is 2. The third-order valence-corrected chi connectivity index (χ3v) is 9.72. The van der Waals surface area contributed by atoms with Crippen LogP contribution in [0.1, 0.15) is 168 Å². The van der Waals surface area contributed by atoms with E-state index in [-0.39, 0.29) is 19.4 Å². The molecule has 0 spiro atoms. The number of rotatable bonds is 39. The zero-order valence-corrected chi connectivity index (χ0v) is 35.6. The van der Waals surface area contributed by atoms with Crippen LogP contribution in [0.2, 0.25) is 0 Å². The lowest BCUT2D eigenvalue weighted by Crippen LogP contribution is -2.34. The molecule has 0 aliphatic rings. The van der Waals surface area contributed by atoms with Crippen molar-refractivity contribution in [2.24, 2.45) is 5.73 Å². The van der Waals surface area contributed by atoms with Crippen LogP contribution in [-0.4, -0.2) is 59.9 Å². The topological polar surface area (TPSA) is 172 Å². The molecule has 0 aliphatic heterocycles. The van der Waals surface area contributed by atoms with Gasteiger partial charge in [0, 0.05) is 12.8 Å². The van der Waals surface area contributed by atoms with Gasteiger partial charge in [0.05, 0.1) is 13.2 Å². The fourth-order valence-corrected chi connectivity index (χ4v) is 6.13. The van der Waals surface area contributed by atoms with Gasteiger partial charge in [-0.1, -0.05) is 139 Å². The summed E-state index contributed by atoms with van der Waals surface area (Å²) in [5.74, 6) is -2.43. The van der Waals surface area contributed by atoms with E-state index in [1.165, 1.54) is 44.9 Å². The number of carboxylic acid groups (broad SMARTS) is 1. The van der Waals surface area contributed by atoms with Crippen molar-refractivity contribution in [3.63, 3.8) is 0 Å². The summed E-state index contributed by atoms with van der Waals surface area (Å²) in [5, 5.41) is 8.88. The molecule has 0 heterocycles. The lowest BCUT2D eigenvalue weighted by molar-refractivity contribution is -0.161. The Kier molecular flexibility index (Phi) is 37.1. The highest BCUT2D eigenvalue weighted by Crippen LogP contribution is 2.43. The number of ether oxygens (including phenoxy) is 2. The number of aliphatic carboxylic acids is 1. The molecule has 0 saturated carbocycles. The van der Waals surface area contributed by atoms with Crippen molar-refractivity contribution in [3.8, 4) is 0 Å². The van der Waals surface area contributed by atoms with Gasteiger partial charge in [0.2, 0.25) is 0 Å². The monoisotopic (exact) mass is 810 g/mol. The normalized spacial score (nSPS) is 14.4. The fourth-order valence-electron chi connectivity index (χ4n) is 5.35. The molecule has 0 aromatic carbocycles. The number of hydrogen-bond acceptors (Lipinski definition) is 9. The third kappa shape index (κ3) is 38.1. The molecule has 56 heavy (non-hydrogen) atoms. The quantitative estimate of drug-likeness (QED) is 0.0177. The maximum Gasteiger partial charge on any atom is 0.472 e. The van der Waals surface area contributed by atoms with Crippen LogP contribution in [0.15, 0.2) is 60.8 Å². The average molecular weight is 810 g/mol. The molecule has 11 nitrogen and oxygen atoms in total. The Morgan fingerprint density at radius 1 is 0.571 bits per heavy atom. The van der Waals surface area contributed by atoms with Crippen molar-refractivity contribution in [3.05, 3.63) is 60.8 Å². The van der Waals surface area contributed by atoms with E-state index in [0.29, 0.717) is 12.8 Å². The molecule has 0 saturated heterocycles. The van der Waals surface area contributed by atoms with Gasteiger partial charge in [-0.2, -0.15) is 0 Å². The first kappa shape index (κ1) is 53.2. The van der Waals surface area contributed by atoms with Crippen LogP contribution in [0.4, 0.5) is 0 Å².